The van der Waals surface area contributed by atoms with Crippen molar-refractivity contribution in [2.24, 2.45) is 0 Å². The van der Waals surface area contributed by atoms with Gasteiger partial charge in [0.15, 0.2) is 0 Å². The van der Waals surface area contributed by atoms with Gasteiger partial charge in [0.2, 0.25) is 5.91 Å². The molecule has 3 rings (SSSR count). The Labute approximate surface area is 201 Å². The van der Waals surface area contributed by atoms with Crippen LogP contribution in [0, 0.1) is 11.3 Å². The van der Waals surface area contributed by atoms with Crippen molar-refractivity contribution in [1.29, 1.82) is 5.26 Å². The minimum atomic E-state index is -5.08. The molecule has 0 spiro atoms. The Morgan fingerprint density at radius 2 is 1.89 bits per heavy atom. The molecule has 0 radical (unpaired) electrons. The molecule has 12 heteroatoms. The number of hydrogen-bond acceptors (Lipinski definition) is 7. The summed E-state index contributed by atoms with van der Waals surface area (Å²) in [4.78, 5) is 23.4. The van der Waals surface area contributed by atoms with Gasteiger partial charge in [-0.1, -0.05) is 6.07 Å². The maximum Gasteiger partial charge on any atom is 0.490 e. The van der Waals surface area contributed by atoms with Gasteiger partial charge in [-0.15, -0.1) is 0 Å². The lowest BCUT2D eigenvalue weighted by Crippen LogP contribution is -2.50. The number of benzene rings is 1. The number of carboxylic acid groups (broad SMARTS) is 1. The quantitative estimate of drug-likeness (QED) is 0.495. The van der Waals surface area contributed by atoms with Crippen molar-refractivity contribution in [3.05, 3.63) is 29.3 Å². The second-order valence-corrected chi connectivity index (χ2v) is 7.85. The van der Waals surface area contributed by atoms with Crippen molar-refractivity contribution in [3.63, 3.8) is 0 Å². The molecule has 2 atom stereocenters. The minimum Gasteiger partial charge on any atom is -0.491 e. The Balaban J connectivity index is 0.000000540. The molecule has 35 heavy (non-hydrogen) atoms. The number of aliphatic carboxylic acids is 1. The van der Waals surface area contributed by atoms with Crippen LogP contribution in [-0.2, 0) is 32.0 Å². The predicted octanol–water partition coefficient (Wildman–Crippen LogP) is 2.28. The maximum atomic E-state index is 12.8. The van der Waals surface area contributed by atoms with Gasteiger partial charge in [-0.05, 0) is 49.4 Å². The molecule has 1 aromatic rings. The smallest absolute Gasteiger partial charge is 0.490 e. The SMILES string of the molecule is CCOCCOCCOc1ccc2c(c1)CN[C@H](C(=O)N1CCC[C@H]1C#N)C2.O=C(O)C(F)(F)F. The van der Waals surface area contributed by atoms with Crippen LogP contribution >= 0.6 is 0 Å². The highest BCUT2D eigenvalue weighted by Crippen LogP contribution is 2.25. The van der Waals surface area contributed by atoms with Crippen molar-refractivity contribution in [2.75, 3.05) is 39.6 Å². The van der Waals surface area contributed by atoms with Gasteiger partial charge >= 0.3 is 12.1 Å². The lowest BCUT2D eigenvalue weighted by atomic mass is 9.94. The summed E-state index contributed by atoms with van der Waals surface area (Å²) in [6.45, 7) is 6.16. The van der Waals surface area contributed by atoms with Gasteiger partial charge in [-0.3, -0.25) is 4.79 Å². The molecule has 0 bridgehead atoms. The molecule has 0 aliphatic carbocycles. The molecule has 2 heterocycles. The van der Waals surface area contributed by atoms with Crippen LogP contribution in [0.5, 0.6) is 5.75 Å². The van der Waals surface area contributed by atoms with Gasteiger partial charge in [0.25, 0.3) is 0 Å². The highest BCUT2D eigenvalue weighted by atomic mass is 19.4. The third kappa shape index (κ3) is 9.01. The molecular formula is C23H30F3N3O6. The fourth-order valence-electron chi connectivity index (χ4n) is 3.70. The first-order chi connectivity index (χ1) is 16.7. The second kappa shape index (κ2) is 13.9. The molecule has 0 aromatic heterocycles. The Morgan fingerprint density at radius 3 is 2.54 bits per heavy atom. The van der Waals surface area contributed by atoms with Crippen molar-refractivity contribution in [2.45, 2.75) is 51.0 Å². The zero-order valence-corrected chi connectivity index (χ0v) is 19.5. The monoisotopic (exact) mass is 501 g/mol. The van der Waals surface area contributed by atoms with E-state index in [1.54, 1.807) is 4.90 Å². The second-order valence-electron chi connectivity index (χ2n) is 7.85. The van der Waals surface area contributed by atoms with E-state index in [4.69, 9.17) is 24.1 Å². The van der Waals surface area contributed by atoms with Gasteiger partial charge in [0.1, 0.15) is 18.4 Å². The number of amides is 1. The van der Waals surface area contributed by atoms with Crippen LogP contribution in [0.1, 0.15) is 30.9 Å². The normalized spacial score (nSPS) is 19.2. The summed E-state index contributed by atoms with van der Waals surface area (Å²) in [5, 5.41) is 19.7. The molecule has 1 saturated heterocycles. The Morgan fingerprint density at radius 1 is 1.20 bits per heavy atom. The zero-order chi connectivity index (χ0) is 25.8. The number of halogens is 3. The van der Waals surface area contributed by atoms with E-state index in [2.05, 4.69) is 11.4 Å². The molecule has 1 aromatic carbocycles. The van der Waals surface area contributed by atoms with Crippen LogP contribution in [0.2, 0.25) is 0 Å². The molecule has 2 N–H and O–H groups in total. The highest BCUT2D eigenvalue weighted by molar-refractivity contribution is 5.83. The van der Waals surface area contributed by atoms with E-state index in [1.165, 1.54) is 0 Å². The molecule has 9 nitrogen and oxygen atoms in total. The first-order valence-corrected chi connectivity index (χ1v) is 11.3. The van der Waals surface area contributed by atoms with E-state index in [-0.39, 0.29) is 18.0 Å². The summed E-state index contributed by atoms with van der Waals surface area (Å²) >= 11 is 0. The lowest BCUT2D eigenvalue weighted by Gasteiger charge is -2.30. The number of nitrogens with zero attached hydrogens (tertiary/aromatic N) is 2. The minimum absolute atomic E-state index is 0.0410. The molecule has 2 aliphatic rings. The standard InChI is InChI=1S/C21H29N3O4.C2HF3O2/c1-2-26-8-9-27-10-11-28-19-6-5-16-13-20(23-15-17(16)12-19)21(25)24-7-3-4-18(24)14-22;3-2(4,5)1(6)7/h5-6,12,18,20,23H,2-4,7-11,13,15H2,1H3;(H,6,7)/t18-,20-;/m0./s1. The van der Waals surface area contributed by atoms with E-state index in [0.29, 0.717) is 52.5 Å². The average molecular weight is 502 g/mol. The fraction of sp³-hybridized carbons (Fsp3) is 0.609. The molecule has 0 unspecified atom stereocenters. The van der Waals surface area contributed by atoms with E-state index in [0.717, 1.165) is 29.7 Å². The van der Waals surface area contributed by atoms with Crippen molar-refractivity contribution in [1.82, 2.24) is 10.2 Å². The Kier molecular flexibility index (Phi) is 11.2. The number of carbonyl (C=O) groups excluding carboxylic acids is 1. The summed E-state index contributed by atoms with van der Waals surface area (Å²) in [7, 11) is 0. The molecule has 1 amide bonds. The number of nitriles is 1. The lowest BCUT2D eigenvalue weighted by molar-refractivity contribution is -0.192. The number of rotatable bonds is 9. The number of likely N-dealkylation sites (tertiary alicyclic amines) is 1. The predicted molar refractivity (Wildman–Crippen MR) is 118 cm³/mol. The van der Waals surface area contributed by atoms with Crippen LogP contribution in [0.25, 0.3) is 0 Å². The number of alkyl halides is 3. The number of hydrogen-bond donors (Lipinski definition) is 2. The van der Waals surface area contributed by atoms with Crippen LogP contribution in [0.15, 0.2) is 18.2 Å². The highest BCUT2D eigenvalue weighted by Gasteiger charge is 2.38. The maximum absolute atomic E-state index is 12.8. The first kappa shape index (κ1) is 28.4. The number of fused-ring (bicyclic) bond motifs is 1. The first-order valence-electron chi connectivity index (χ1n) is 11.3. The molecule has 0 saturated carbocycles. The zero-order valence-electron chi connectivity index (χ0n) is 19.5. The largest absolute Gasteiger partial charge is 0.491 e. The summed E-state index contributed by atoms with van der Waals surface area (Å²) < 4.78 is 48.2. The summed E-state index contributed by atoms with van der Waals surface area (Å²) in [6, 6.07) is 7.71. The van der Waals surface area contributed by atoms with Gasteiger partial charge in [0, 0.05) is 19.7 Å². The third-order valence-electron chi connectivity index (χ3n) is 5.44. The van der Waals surface area contributed by atoms with Crippen LogP contribution in [-0.4, -0.2) is 79.7 Å². The summed E-state index contributed by atoms with van der Waals surface area (Å²) in [5.74, 6) is -1.91. The van der Waals surface area contributed by atoms with Crippen LogP contribution in [0.3, 0.4) is 0 Å². The molecule has 1 fully saturated rings. The molecule has 194 valence electrons. The van der Waals surface area contributed by atoms with Crippen LogP contribution in [0.4, 0.5) is 13.2 Å². The fourth-order valence-corrected chi connectivity index (χ4v) is 3.70. The van der Waals surface area contributed by atoms with Crippen molar-refractivity contribution < 1.29 is 42.1 Å². The van der Waals surface area contributed by atoms with Crippen LogP contribution < -0.4 is 10.1 Å². The van der Waals surface area contributed by atoms with E-state index < -0.39 is 12.1 Å². The number of carboxylic acids is 1. The van der Waals surface area contributed by atoms with Gasteiger partial charge in [-0.25, -0.2) is 4.79 Å². The Hall–Kier alpha value is -2.88. The third-order valence-corrected chi connectivity index (χ3v) is 5.44. The van der Waals surface area contributed by atoms with Crippen molar-refractivity contribution in [3.8, 4) is 11.8 Å². The molecular weight excluding hydrogens is 471 g/mol. The van der Waals surface area contributed by atoms with E-state index in [1.807, 2.05) is 25.1 Å². The van der Waals surface area contributed by atoms with E-state index >= 15 is 0 Å². The number of nitrogens with one attached hydrogen (secondary N) is 1. The van der Waals surface area contributed by atoms with Gasteiger partial charge < -0.3 is 29.5 Å². The average Bonchev–Trinajstić information content (AvgIpc) is 3.31. The van der Waals surface area contributed by atoms with Crippen molar-refractivity contribution >= 4 is 11.9 Å². The Bertz CT molecular complexity index is 890. The topological polar surface area (TPSA) is 121 Å². The number of carbonyl (C=O) groups is 2. The van der Waals surface area contributed by atoms with Gasteiger partial charge in [-0.2, -0.15) is 18.4 Å². The van der Waals surface area contributed by atoms with Gasteiger partial charge in [0.05, 0.1) is 31.9 Å². The number of ether oxygens (including phenoxy) is 3. The molecule has 2 aliphatic heterocycles. The summed E-state index contributed by atoms with van der Waals surface area (Å²) in [5.41, 5.74) is 2.31. The summed E-state index contributed by atoms with van der Waals surface area (Å²) in [6.07, 6.45) is -2.76. The van der Waals surface area contributed by atoms with E-state index in [9.17, 15) is 23.2 Å².